The van der Waals surface area contributed by atoms with Crippen molar-refractivity contribution in [2.24, 2.45) is 5.92 Å². The fraction of sp³-hybridized carbons (Fsp3) is 0.370. The van der Waals surface area contributed by atoms with Crippen molar-refractivity contribution in [1.29, 1.82) is 0 Å². The van der Waals surface area contributed by atoms with E-state index in [2.05, 4.69) is 32.4 Å². The number of nitrogens with zero attached hydrogens (tertiary/aromatic N) is 7. The Morgan fingerprint density at radius 1 is 1.24 bits per heavy atom. The Hall–Kier alpha value is -4.10. The summed E-state index contributed by atoms with van der Waals surface area (Å²) < 4.78 is 34.1. The molecule has 2 atom stereocenters. The van der Waals surface area contributed by atoms with Crippen molar-refractivity contribution in [2.45, 2.75) is 32.0 Å². The van der Waals surface area contributed by atoms with Crippen LogP contribution in [0.15, 0.2) is 49.1 Å². The first-order chi connectivity index (χ1) is 19.8. The van der Waals surface area contributed by atoms with Gasteiger partial charge in [-0.1, -0.05) is 11.6 Å². The average molecular weight is 585 g/mol. The van der Waals surface area contributed by atoms with E-state index in [4.69, 9.17) is 16.3 Å². The van der Waals surface area contributed by atoms with E-state index in [0.29, 0.717) is 18.1 Å². The highest BCUT2D eigenvalue weighted by Gasteiger charge is 2.39. The molecule has 4 aromatic rings. The molecule has 11 nitrogen and oxygen atoms in total. The Labute approximate surface area is 238 Å². The van der Waals surface area contributed by atoms with Gasteiger partial charge in [0.05, 0.1) is 11.9 Å². The number of halogens is 3. The van der Waals surface area contributed by atoms with Gasteiger partial charge in [-0.25, -0.2) is 9.50 Å². The summed E-state index contributed by atoms with van der Waals surface area (Å²) in [6, 6.07) is 5.99. The number of hydrogen-bond donors (Lipinski definition) is 1. The molecule has 41 heavy (non-hydrogen) atoms. The second kappa shape index (κ2) is 11.1. The third kappa shape index (κ3) is 5.46. The number of benzene rings is 1. The Balaban J connectivity index is 1.33. The number of piperidine rings is 1. The van der Waals surface area contributed by atoms with Crippen molar-refractivity contribution in [3.8, 4) is 17.0 Å². The van der Waals surface area contributed by atoms with Crippen molar-refractivity contribution in [2.75, 3.05) is 32.0 Å². The summed E-state index contributed by atoms with van der Waals surface area (Å²) in [5.74, 6) is -0.391. The van der Waals surface area contributed by atoms with Gasteiger partial charge in [-0.3, -0.25) is 14.3 Å². The van der Waals surface area contributed by atoms with Gasteiger partial charge in [0.2, 0.25) is 5.91 Å². The highest BCUT2D eigenvalue weighted by Crippen LogP contribution is 2.37. The van der Waals surface area contributed by atoms with Crippen LogP contribution < -0.4 is 10.1 Å². The van der Waals surface area contributed by atoms with Crippen molar-refractivity contribution in [1.82, 2.24) is 34.2 Å². The molecule has 0 saturated carbocycles. The van der Waals surface area contributed by atoms with Gasteiger partial charge in [0, 0.05) is 48.3 Å². The first kappa shape index (κ1) is 27.1. The third-order valence-corrected chi connectivity index (χ3v) is 7.84. The minimum atomic E-state index is -3.10. The number of carbonyl (C=O) groups excluding carboxylic acids is 2. The number of fused-ring (bicyclic) bond motifs is 2. The zero-order valence-electron chi connectivity index (χ0n) is 22.1. The van der Waals surface area contributed by atoms with E-state index in [1.165, 1.54) is 46.0 Å². The van der Waals surface area contributed by atoms with Crippen LogP contribution in [-0.4, -0.2) is 85.3 Å². The van der Waals surface area contributed by atoms with Gasteiger partial charge in [0.25, 0.3) is 5.91 Å². The zero-order chi connectivity index (χ0) is 28.7. The first-order valence-corrected chi connectivity index (χ1v) is 13.5. The molecule has 14 heteroatoms. The molecule has 3 aromatic heterocycles. The lowest BCUT2D eigenvalue weighted by Gasteiger charge is -2.36. The lowest BCUT2D eigenvalue weighted by atomic mass is 9.93. The number of likely N-dealkylation sites (tertiary alicyclic amines) is 2. The van der Waals surface area contributed by atoms with Gasteiger partial charge in [-0.2, -0.15) is 19.0 Å². The fourth-order valence-corrected chi connectivity index (χ4v) is 5.93. The van der Waals surface area contributed by atoms with Gasteiger partial charge in [-0.05, 0) is 56.6 Å². The molecule has 2 amide bonds. The predicted molar refractivity (Wildman–Crippen MR) is 146 cm³/mol. The molecule has 2 aliphatic heterocycles. The molecular formula is C27H27ClF2N8O3. The fourth-order valence-electron chi connectivity index (χ4n) is 5.76. The van der Waals surface area contributed by atoms with Gasteiger partial charge in [0.15, 0.2) is 5.65 Å². The van der Waals surface area contributed by atoms with Crippen LogP contribution in [0.1, 0.15) is 23.2 Å². The first-order valence-electron chi connectivity index (χ1n) is 13.2. The standard InChI is InChI=1S/C27H27ClF2N8O3/c1-35-9-6-21-16(13-35)5-10-37(21)23(39)15-36-14-20(33-26(40)19-12-32-38-8-2-7-31-25(19)38)24(34-36)18-11-17(28)3-4-22(18)41-27(29)30/h2-4,7-8,11-12,14,16,21,27H,5-6,9-10,13,15H2,1H3,(H,33,40). The van der Waals surface area contributed by atoms with Crippen LogP contribution in [0.25, 0.3) is 16.9 Å². The van der Waals surface area contributed by atoms with Gasteiger partial charge in [0.1, 0.15) is 23.6 Å². The number of ether oxygens (including phenoxy) is 1. The summed E-state index contributed by atoms with van der Waals surface area (Å²) >= 11 is 6.21. The highest BCUT2D eigenvalue weighted by atomic mass is 35.5. The van der Waals surface area contributed by atoms with Crippen molar-refractivity contribution < 1.29 is 23.1 Å². The van der Waals surface area contributed by atoms with Crippen LogP contribution in [0.2, 0.25) is 5.02 Å². The second-order valence-electron chi connectivity index (χ2n) is 10.3. The maximum Gasteiger partial charge on any atom is 0.387 e. The van der Waals surface area contributed by atoms with Crippen molar-refractivity contribution in [3.05, 3.63) is 59.6 Å². The minimum Gasteiger partial charge on any atom is -0.434 e. The Morgan fingerprint density at radius 2 is 2.10 bits per heavy atom. The van der Waals surface area contributed by atoms with E-state index in [9.17, 15) is 18.4 Å². The van der Waals surface area contributed by atoms with Gasteiger partial charge in [-0.15, -0.1) is 0 Å². The van der Waals surface area contributed by atoms with Crippen molar-refractivity contribution >= 4 is 34.7 Å². The number of hydrogen-bond acceptors (Lipinski definition) is 7. The van der Waals surface area contributed by atoms with Crippen LogP contribution in [0.4, 0.5) is 14.5 Å². The minimum absolute atomic E-state index is 0.0915. The third-order valence-electron chi connectivity index (χ3n) is 7.60. The molecule has 0 spiro atoms. The summed E-state index contributed by atoms with van der Waals surface area (Å²) in [6.07, 6.45) is 7.92. The molecule has 6 rings (SSSR count). The van der Waals surface area contributed by atoms with Crippen LogP contribution in [-0.2, 0) is 11.3 Å². The molecule has 5 heterocycles. The van der Waals surface area contributed by atoms with E-state index in [0.717, 1.165) is 25.9 Å². The number of alkyl halides is 2. The lowest BCUT2D eigenvalue weighted by molar-refractivity contribution is -0.133. The summed E-state index contributed by atoms with van der Waals surface area (Å²) in [5.41, 5.74) is 0.959. The molecule has 2 aliphatic rings. The van der Waals surface area contributed by atoms with E-state index in [1.807, 2.05) is 4.90 Å². The van der Waals surface area contributed by atoms with E-state index < -0.39 is 12.5 Å². The Bertz CT molecular complexity index is 1610. The second-order valence-corrected chi connectivity index (χ2v) is 10.7. The van der Waals surface area contributed by atoms with Crippen molar-refractivity contribution in [3.63, 3.8) is 0 Å². The largest absolute Gasteiger partial charge is 0.434 e. The number of nitrogens with one attached hydrogen (secondary N) is 1. The number of rotatable bonds is 7. The Morgan fingerprint density at radius 3 is 2.93 bits per heavy atom. The zero-order valence-corrected chi connectivity index (χ0v) is 22.8. The number of anilines is 1. The van der Waals surface area contributed by atoms with E-state index >= 15 is 0 Å². The highest BCUT2D eigenvalue weighted by molar-refractivity contribution is 6.31. The predicted octanol–water partition coefficient (Wildman–Crippen LogP) is 3.65. The lowest BCUT2D eigenvalue weighted by Crippen LogP contribution is -2.47. The van der Waals surface area contributed by atoms with E-state index in [1.54, 1.807) is 12.3 Å². The van der Waals surface area contributed by atoms with Gasteiger partial charge >= 0.3 is 6.61 Å². The topological polar surface area (TPSA) is 110 Å². The summed E-state index contributed by atoms with van der Waals surface area (Å²) in [7, 11) is 2.09. The summed E-state index contributed by atoms with van der Waals surface area (Å²) in [5, 5.41) is 11.7. The normalized spacial score (nSPS) is 19.1. The molecule has 0 aliphatic carbocycles. The molecule has 2 unspecified atom stereocenters. The smallest absolute Gasteiger partial charge is 0.387 e. The van der Waals surface area contributed by atoms with Gasteiger partial charge < -0.3 is 19.9 Å². The summed E-state index contributed by atoms with van der Waals surface area (Å²) in [4.78, 5) is 35.2. The Kier molecular flexibility index (Phi) is 7.30. The molecule has 0 radical (unpaired) electrons. The SMILES string of the molecule is CN1CCC2C(CCN2C(=O)Cn2cc(NC(=O)c3cnn4cccnc34)c(-c3cc(Cl)ccc3OC(F)F)n2)C1. The van der Waals surface area contributed by atoms with Crippen LogP contribution in [0, 0.1) is 5.92 Å². The van der Waals surface area contributed by atoms with E-state index in [-0.39, 0.29) is 51.8 Å². The maximum atomic E-state index is 13.4. The van der Waals surface area contributed by atoms with Crippen LogP contribution in [0.3, 0.4) is 0 Å². The monoisotopic (exact) mass is 584 g/mol. The molecule has 1 N–H and O–H groups in total. The number of carbonyl (C=O) groups is 2. The molecular weight excluding hydrogens is 558 g/mol. The quantitative estimate of drug-likeness (QED) is 0.353. The summed E-state index contributed by atoms with van der Waals surface area (Å²) in [6.45, 7) is -0.642. The molecule has 2 fully saturated rings. The average Bonchev–Trinajstić information content (AvgIpc) is 3.66. The van der Waals surface area contributed by atoms with Crippen LogP contribution >= 0.6 is 11.6 Å². The van der Waals surface area contributed by atoms with Crippen LogP contribution in [0.5, 0.6) is 5.75 Å². The number of aromatic nitrogens is 5. The molecule has 1 aromatic carbocycles. The number of amides is 2. The molecule has 2 saturated heterocycles. The molecule has 0 bridgehead atoms. The maximum absolute atomic E-state index is 13.4. The molecule has 214 valence electrons.